The summed E-state index contributed by atoms with van der Waals surface area (Å²) < 4.78 is 1.81. The van der Waals surface area contributed by atoms with Crippen LogP contribution in [0.3, 0.4) is 0 Å². The number of carbonyl (C=O) groups excluding carboxylic acids is 2. The standard InChI is InChI=1S/C22H24ClN5O2/c1-2-3-4-17-12-27(13-20(29)25-22(14-24)9-10-22)21(30)19-11-18(26-28(17)19)15-5-7-16(23)8-6-15/h5-8,11,17H,2-4,9-10,12-13H2,1H3,(H,25,29). The zero-order valence-electron chi connectivity index (χ0n) is 16.9. The molecule has 2 heterocycles. The normalized spacial score (nSPS) is 19.2. The van der Waals surface area contributed by atoms with E-state index in [1.54, 1.807) is 23.1 Å². The Bertz CT molecular complexity index is 1000. The molecule has 1 N–H and O–H groups in total. The minimum atomic E-state index is -0.735. The summed E-state index contributed by atoms with van der Waals surface area (Å²) in [7, 11) is 0. The van der Waals surface area contributed by atoms with Crippen molar-refractivity contribution in [1.82, 2.24) is 20.0 Å². The molecule has 0 radical (unpaired) electrons. The molecule has 1 aromatic carbocycles. The molecule has 1 aromatic heterocycles. The van der Waals surface area contributed by atoms with Gasteiger partial charge in [0.05, 0.1) is 17.8 Å². The predicted octanol–water partition coefficient (Wildman–Crippen LogP) is 3.56. The number of rotatable bonds is 7. The van der Waals surface area contributed by atoms with Crippen LogP contribution in [0.4, 0.5) is 0 Å². The van der Waals surface area contributed by atoms with Gasteiger partial charge in [0.15, 0.2) is 0 Å². The largest absolute Gasteiger partial charge is 0.336 e. The quantitative estimate of drug-likeness (QED) is 0.734. The van der Waals surface area contributed by atoms with E-state index < -0.39 is 5.54 Å². The molecule has 1 unspecified atom stereocenters. The molecule has 0 bridgehead atoms. The van der Waals surface area contributed by atoms with Crippen molar-refractivity contribution in [2.24, 2.45) is 0 Å². The van der Waals surface area contributed by atoms with Crippen LogP contribution in [0.2, 0.25) is 5.02 Å². The van der Waals surface area contributed by atoms with E-state index in [0.29, 0.717) is 35.8 Å². The molecule has 1 fully saturated rings. The van der Waals surface area contributed by atoms with Crippen molar-refractivity contribution in [3.63, 3.8) is 0 Å². The first-order chi connectivity index (χ1) is 14.4. The van der Waals surface area contributed by atoms with E-state index in [4.69, 9.17) is 16.7 Å². The lowest BCUT2D eigenvalue weighted by atomic mass is 10.1. The van der Waals surface area contributed by atoms with Crippen molar-refractivity contribution in [2.75, 3.05) is 13.1 Å². The summed E-state index contributed by atoms with van der Waals surface area (Å²) in [5, 5.41) is 17.3. The van der Waals surface area contributed by atoms with E-state index in [0.717, 1.165) is 24.8 Å². The fourth-order valence-corrected chi connectivity index (χ4v) is 3.96. The number of benzene rings is 1. The fourth-order valence-electron chi connectivity index (χ4n) is 3.83. The maximum atomic E-state index is 13.1. The minimum absolute atomic E-state index is 0.0114. The SMILES string of the molecule is CCCCC1CN(CC(=O)NC2(C#N)CC2)C(=O)c2cc(-c3ccc(Cl)cc3)nn21. The highest BCUT2D eigenvalue weighted by atomic mass is 35.5. The molecule has 4 rings (SSSR count). The van der Waals surface area contributed by atoms with E-state index in [1.165, 1.54) is 0 Å². The van der Waals surface area contributed by atoms with E-state index in [9.17, 15) is 14.9 Å². The number of hydrogen-bond acceptors (Lipinski definition) is 4. The Kier molecular flexibility index (Phi) is 5.52. The third kappa shape index (κ3) is 4.05. The third-order valence-corrected chi connectivity index (χ3v) is 5.98. The topological polar surface area (TPSA) is 91.0 Å². The van der Waals surface area contributed by atoms with Crippen LogP contribution in [0, 0.1) is 11.3 Å². The van der Waals surface area contributed by atoms with Crippen LogP contribution in [-0.2, 0) is 4.79 Å². The molecule has 1 atom stereocenters. The molecule has 1 aliphatic heterocycles. The molecular formula is C22H24ClN5O2. The van der Waals surface area contributed by atoms with Gasteiger partial charge in [-0.1, -0.05) is 43.5 Å². The summed E-state index contributed by atoms with van der Waals surface area (Å²) >= 11 is 5.99. The van der Waals surface area contributed by atoms with Crippen LogP contribution in [0.25, 0.3) is 11.3 Å². The Balaban J connectivity index is 1.58. The zero-order chi connectivity index (χ0) is 21.3. The van der Waals surface area contributed by atoms with Gasteiger partial charge >= 0.3 is 0 Å². The monoisotopic (exact) mass is 425 g/mol. The Labute approximate surface area is 180 Å². The lowest BCUT2D eigenvalue weighted by Gasteiger charge is -2.33. The second-order valence-corrected chi connectivity index (χ2v) is 8.53. The lowest BCUT2D eigenvalue weighted by Crippen LogP contribution is -2.49. The highest BCUT2D eigenvalue weighted by Gasteiger charge is 2.45. The average molecular weight is 426 g/mol. The van der Waals surface area contributed by atoms with Gasteiger partial charge in [-0.2, -0.15) is 10.4 Å². The van der Waals surface area contributed by atoms with Crippen molar-refractivity contribution in [1.29, 1.82) is 5.26 Å². The van der Waals surface area contributed by atoms with Crippen LogP contribution < -0.4 is 5.32 Å². The van der Waals surface area contributed by atoms with Crippen molar-refractivity contribution in [2.45, 2.75) is 50.6 Å². The van der Waals surface area contributed by atoms with Gasteiger partial charge in [-0.15, -0.1) is 0 Å². The number of halogens is 1. The van der Waals surface area contributed by atoms with Gasteiger partial charge in [0.25, 0.3) is 5.91 Å². The summed E-state index contributed by atoms with van der Waals surface area (Å²) in [5.41, 5.74) is 1.35. The molecule has 0 saturated heterocycles. The van der Waals surface area contributed by atoms with Gasteiger partial charge in [-0.05, 0) is 37.5 Å². The molecule has 2 amide bonds. The lowest BCUT2D eigenvalue weighted by molar-refractivity contribution is -0.122. The number of aromatic nitrogens is 2. The second kappa shape index (κ2) is 8.11. The van der Waals surface area contributed by atoms with Crippen LogP contribution in [0.5, 0.6) is 0 Å². The summed E-state index contributed by atoms with van der Waals surface area (Å²) in [6.45, 7) is 2.51. The van der Waals surface area contributed by atoms with Crippen LogP contribution in [0.15, 0.2) is 30.3 Å². The highest BCUT2D eigenvalue weighted by Crippen LogP contribution is 2.34. The first-order valence-electron chi connectivity index (χ1n) is 10.3. The molecule has 7 nitrogen and oxygen atoms in total. The molecule has 2 aromatic rings. The van der Waals surface area contributed by atoms with Gasteiger partial charge < -0.3 is 10.2 Å². The number of fused-ring (bicyclic) bond motifs is 1. The number of unbranched alkanes of at least 4 members (excludes halogenated alkanes) is 1. The van der Waals surface area contributed by atoms with Crippen molar-refractivity contribution >= 4 is 23.4 Å². The molecule has 0 spiro atoms. The van der Waals surface area contributed by atoms with E-state index in [1.807, 2.05) is 16.8 Å². The molecule has 1 saturated carbocycles. The van der Waals surface area contributed by atoms with Crippen LogP contribution in [-0.4, -0.2) is 45.1 Å². The number of hydrogen-bond donors (Lipinski definition) is 1. The Morgan fingerprint density at radius 2 is 2.10 bits per heavy atom. The zero-order valence-corrected chi connectivity index (χ0v) is 17.7. The Hall–Kier alpha value is -2.85. The Morgan fingerprint density at radius 3 is 2.73 bits per heavy atom. The number of carbonyl (C=O) groups is 2. The van der Waals surface area contributed by atoms with E-state index in [-0.39, 0.29) is 24.4 Å². The maximum absolute atomic E-state index is 13.1. The molecule has 1 aliphatic carbocycles. The van der Waals surface area contributed by atoms with Crippen LogP contribution >= 0.6 is 11.6 Å². The Morgan fingerprint density at radius 1 is 1.37 bits per heavy atom. The summed E-state index contributed by atoms with van der Waals surface area (Å²) in [4.78, 5) is 27.2. The third-order valence-electron chi connectivity index (χ3n) is 5.73. The van der Waals surface area contributed by atoms with Crippen molar-refractivity contribution < 1.29 is 9.59 Å². The molecule has 8 heteroatoms. The van der Waals surface area contributed by atoms with Crippen LogP contribution in [0.1, 0.15) is 55.6 Å². The number of nitriles is 1. The molecule has 2 aliphatic rings. The number of amides is 2. The molecular weight excluding hydrogens is 402 g/mol. The molecule has 30 heavy (non-hydrogen) atoms. The summed E-state index contributed by atoms with van der Waals surface area (Å²) in [6, 6.07) is 11.3. The van der Waals surface area contributed by atoms with E-state index in [2.05, 4.69) is 18.3 Å². The van der Waals surface area contributed by atoms with Gasteiger partial charge in [-0.25, -0.2) is 0 Å². The highest BCUT2D eigenvalue weighted by molar-refractivity contribution is 6.30. The predicted molar refractivity (Wildman–Crippen MR) is 113 cm³/mol. The van der Waals surface area contributed by atoms with E-state index >= 15 is 0 Å². The summed E-state index contributed by atoms with van der Waals surface area (Å²) in [6.07, 6.45) is 4.25. The fraction of sp³-hybridized carbons (Fsp3) is 0.455. The smallest absolute Gasteiger partial charge is 0.272 e. The average Bonchev–Trinajstić information content (AvgIpc) is 3.36. The minimum Gasteiger partial charge on any atom is -0.336 e. The first-order valence-corrected chi connectivity index (χ1v) is 10.7. The molecule has 156 valence electrons. The second-order valence-electron chi connectivity index (χ2n) is 8.09. The van der Waals surface area contributed by atoms with Gasteiger partial charge in [-0.3, -0.25) is 14.3 Å². The number of nitrogens with one attached hydrogen (secondary N) is 1. The maximum Gasteiger partial charge on any atom is 0.272 e. The van der Waals surface area contributed by atoms with Gasteiger partial charge in [0.1, 0.15) is 17.8 Å². The first kappa shape index (κ1) is 20.4. The summed E-state index contributed by atoms with van der Waals surface area (Å²) in [5.74, 6) is -0.505. The van der Waals surface area contributed by atoms with Gasteiger partial charge in [0.2, 0.25) is 5.91 Å². The van der Waals surface area contributed by atoms with Crippen molar-refractivity contribution in [3.8, 4) is 17.3 Å². The van der Waals surface area contributed by atoms with Gasteiger partial charge in [0, 0.05) is 17.1 Å². The number of nitrogens with zero attached hydrogens (tertiary/aromatic N) is 4. The van der Waals surface area contributed by atoms with Crippen molar-refractivity contribution in [3.05, 3.63) is 41.0 Å².